The van der Waals surface area contributed by atoms with Gasteiger partial charge in [-0.25, -0.2) is 22.7 Å². The number of rotatable bonds is 11. The molecule has 0 aromatic heterocycles. The summed E-state index contributed by atoms with van der Waals surface area (Å²) in [5.41, 5.74) is 1.00. The minimum Gasteiger partial charge on any atom is -0.465 e. The molecule has 1 fully saturated rings. The molecule has 1 aliphatic rings. The number of hydrogen-bond donors (Lipinski definition) is 3. The van der Waals surface area contributed by atoms with Gasteiger partial charge in [0.05, 0.1) is 10.9 Å². The number of amides is 4. The number of Topliss-reactive ketones (excluding diaryl/α,β-unsaturated/α-hetero) is 1. The van der Waals surface area contributed by atoms with E-state index in [0.29, 0.717) is 12.8 Å². The van der Waals surface area contributed by atoms with Crippen molar-refractivity contribution in [2.75, 3.05) is 6.54 Å². The van der Waals surface area contributed by atoms with Crippen LogP contribution in [0.1, 0.15) is 70.5 Å². The van der Waals surface area contributed by atoms with Crippen LogP contribution in [0.3, 0.4) is 0 Å². The van der Waals surface area contributed by atoms with Crippen molar-refractivity contribution in [3.63, 3.8) is 0 Å². The summed E-state index contributed by atoms with van der Waals surface area (Å²) < 4.78 is 28.0. The van der Waals surface area contributed by atoms with Crippen molar-refractivity contribution >= 4 is 33.8 Å². The first-order chi connectivity index (χ1) is 19.7. The van der Waals surface area contributed by atoms with E-state index >= 15 is 0 Å². The third-order valence-corrected chi connectivity index (χ3v) is 8.73. The van der Waals surface area contributed by atoms with Crippen LogP contribution in [-0.4, -0.2) is 65.9 Å². The SMILES string of the molecule is CCCC[C@@H](C(=O)C(=O)N[C@H](C)c1ccccc1)N(C(=O)O)C1CC(C)(C)CN1C(=O)NS(=O)(=O)c1ccc(C)cc1. The molecule has 3 rings (SSSR count). The molecule has 228 valence electrons. The molecule has 0 radical (unpaired) electrons. The maximum Gasteiger partial charge on any atom is 0.409 e. The van der Waals surface area contributed by atoms with Crippen molar-refractivity contribution in [2.45, 2.75) is 83.4 Å². The number of unbranched alkanes of at least 4 members (excludes halogenated alkanes) is 1. The second kappa shape index (κ2) is 13.4. The van der Waals surface area contributed by atoms with Crippen LogP contribution in [0.5, 0.6) is 0 Å². The van der Waals surface area contributed by atoms with Crippen LogP contribution in [0.25, 0.3) is 0 Å². The lowest BCUT2D eigenvalue weighted by molar-refractivity contribution is -0.142. The van der Waals surface area contributed by atoms with Crippen LogP contribution >= 0.6 is 0 Å². The average Bonchev–Trinajstić information content (AvgIpc) is 3.25. The maximum absolute atomic E-state index is 13.6. The second-order valence-electron chi connectivity index (χ2n) is 11.5. The summed E-state index contributed by atoms with van der Waals surface area (Å²) in [7, 11) is -4.26. The van der Waals surface area contributed by atoms with Gasteiger partial charge in [0.25, 0.3) is 15.9 Å². The Kier molecular flexibility index (Phi) is 10.4. The van der Waals surface area contributed by atoms with E-state index in [1.807, 2.05) is 31.6 Å². The van der Waals surface area contributed by atoms with Crippen molar-refractivity contribution in [2.24, 2.45) is 5.41 Å². The standard InChI is InChI=1S/C30H40N4O7S/c1-6-7-13-24(26(35)27(36)31-21(3)22-11-9-8-10-12-22)34(29(38)39)25-18-30(4,5)19-33(25)28(37)32-42(40,41)23-16-14-20(2)15-17-23/h8-12,14-17,21,24-25H,6-7,13,18-19H2,1-5H3,(H,31,36)(H,32,37)(H,38,39)/t21-,24+,25?/m1/s1. The van der Waals surface area contributed by atoms with E-state index in [0.717, 1.165) is 20.9 Å². The van der Waals surface area contributed by atoms with Crippen LogP contribution in [0.15, 0.2) is 59.5 Å². The summed E-state index contributed by atoms with van der Waals surface area (Å²) in [6.07, 6.45) is -1.40. The fourth-order valence-electron chi connectivity index (χ4n) is 5.15. The molecule has 2 aromatic rings. The lowest BCUT2D eigenvalue weighted by Crippen LogP contribution is -2.59. The molecule has 4 amide bonds. The third-order valence-electron chi connectivity index (χ3n) is 7.39. The molecule has 0 saturated carbocycles. The molecule has 1 heterocycles. The van der Waals surface area contributed by atoms with Crippen LogP contribution in [0, 0.1) is 12.3 Å². The minimum atomic E-state index is -4.26. The Morgan fingerprint density at radius 1 is 1.07 bits per heavy atom. The summed E-state index contributed by atoms with van der Waals surface area (Å²) in [5, 5.41) is 13.0. The van der Waals surface area contributed by atoms with E-state index in [1.165, 1.54) is 12.1 Å². The Morgan fingerprint density at radius 3 is 2.26 bits per heavy atom. The minimum absolute atomic E-state index is 0.0304. The second-order valence-corrected chi connectivity index (χ2v) is 13.2. The molecule has 11 nitrogen and oxygen atoms in total. The van der Waals surface area contributed by atoms with Crippen LogP contribution < -0.4 is 10.0 Å². The number of carbonyl (C=O) groups is 4. The fourth-order valence-corrected chi connectivity index (χ4v) is 6.11. The number of hydrogen-bond acceptors (Lipinski definition) is 6. The third kappa shape index (κ3) is 7.87. The summed E-state index contributed by atoms with van der Waals surface area (Å²) in [4.78, 5) is 54.7. The maximum atomic E-state index is 13.6. The zero-order chi connectivity index (χ0) is 31.2. The first kappa shape index (κ1) is 32.6. The Bertz CT molecular complexity index is 1390. The number of benzene rings is 2. The van der Waals surface area contributed by atoms with Crippen molar-refractivity contribution in [3.05, 3.63) is 65.7 Å². The first-order valence-electron chi connectivity index (χ1n) is 14.0. The van der Waals surface area contributed by atoms with E-state index in [1.54, 1.807) is 50.2 Å². The van der Waals surface area contributed by atoms with E-state index in [4.69, 9.17) is 0 Å². The molecule has 0 aliphatic carbocycles. The monoisotopic (exact) mass is 600 g/mol. The largest absolute Gasteiger partial charge is 0.465 e. The number of carboxylic acid groups (broad SMARTS) is 1. The molecular formula is C30H40N4O7S. The zero-order valence-electron chi connectivity index (χ0n) is 24.7. The van der Waals surface area contributed by atoms with Gasteiger partial charge in [-0.2, -0.15) is 0 Å². The summed E-state index contributed by atoms with van der Waals surface area (Å²) >= 11 is 0. The lowest BCUT2D eigenvalue weighted by atomic mass is 9.91. The molecule has 42 heavy (non-hydrogen) atoms. The molecular weight excluding hydrogens is 560 g/mol. The highest BCUT2D eigenvalue weighted by atomic mass is 32.2. The van der Waals surface area contributed by atoms with E-state index in [2.05, 4.69) is 5.32 Å². The van der Waals surface area contributed by atoms with Gasteiger partial charge in [0.1, 0.15) is 12.2 Å². The molecule has 1 saturated heterocycles. The normalized spacial score (nSPS) is 17.6. The van der Waals surface area contributed by atoms with Gasteiger partial charge >= 0.3 is 12.1 Å². The van der Waals surface area contributed by atoms with E-state index in [-0.39, 0.29) is 24.3 Å². The van der Waals surface area contributed by atoms with Crippen LogP contribution in [-0.2, 0) is 19.6 Å². The number of carbonyl (C=O) groups excluding carboxylic acids is 3. The molecule has 0 bridgehead atoms. The van der Waals surface area contributed by atoms with Gasteiger partial charge in [0.2, 0.25) is 5.78 Å². The molecule has 3 atom stereocenters. The van der Waals surface area contributed by atoms with E-state index < -0.39 is 57.5 Å². The van der Waals surface area contributed by atoms with E-state index in [9.17, 15) is 32.7 Å². The summed E-state index contributed by atoms with van der Waals surface area (Å²) in [6.45, 7) is 9.06. The van der Waals surface area contributed by atoms with Crippen molar-refractivity contribution in [1.29, 1.82) is 0 Å². The first-order valence-corrected chi connectivity index (χ1v) is 15.5. The zero-order valence-corrected chi connectivity index (χ0v) is 25.5. The van der Waals surface area contributed by atoms with Crippen molar-refractivity contribution in [3.8, 4) is 0 Å². The highest BCUT2D eigenvalue weighted by Gasteiger charge is 2.49. The Labute approximate surface area is 247 Å². The summed E-state index contributed by atoms with van der Waals surface area (Å²) in [5.74, 6) is -1.88. The molecule has 3 N–H and O–H groups in total. The number of nitrogens with zero attached hydrogens (tertiary/aromatic N) is 2. The van der Waals surface area contributed by atoms with Gasteiger partial charge in [0.15, 0.2) is 0 Å². The number of likely N-dealkylation sites (tertiary alicyclic amines) is 1. The van der Waals surface area contributed by atoms with Gasteiger partial charge < -0.3 is 15.3 Å². The molecule has 12 heteroatoms. The average molecular weight is 601 g/mol. The van der Waals surface area contributed by atoms with Gasteiger partial charge in [-0.1, -0.05) is 81.6 Å². The number of sulfonamides is 1. The van der Waals surface area contributed by atoms with Crippen molar-refractivity contribution < 1.29 is 32.7 Å². The lowest BCUT2D eigenvalue weighted by Gasteiger charge is -2.37. The van der Waals surface area contributed by atoms with Crippen LogP contribution in [0.4, 0.5) is 9.59 Å². The quantitative estimate of drug-likeness (QED) is 0.322. The number of urea groups is 1. The number of ketones is 1. The van der Waals surface area contributed by atoms with Gasteiger partial charge in [-0.15, -0.1) is 0 Å². The molecule has 0 spiro atoms. The van der Waals surface area contributed by atoms with Gasteiger partial charge in [-0.05, 0) is 49.8 Å². The van der Waals surface area contributed by atoms with Crippen molar-refractivity contribution in [1.82, 2.24) is 19.8 Å². The predicted octanol–water partition coefficient (Wildman–Crippen LogP) is 4.44. The highest BCUT2D eigenvalue weighted by molar-refractivity contribution is 7.90. The molecule has 1 unspecified atom stereocenters. The van der Waals surface area contributed by atoms with Gasteiger partial charge in [0, 0.05) is 6.54 Å². The van der Waals surface area contributed by atoms with Crippen LogP contribution in [0.2, 0.25) is 0 Å². The Balaban J connectivity index is 1.91. The predicted molar refractivity (Wildman–Crippen MR) is 157 cm³/mol. The number of aryl methyl sites for hydroxylation is 1. The topological polar surface area (TPSA) is 153 Å². The highest BCUT2D eigenvalue weighted by Crippen LogP contribution is 2.37. The molecule has 1 aliphatic heterocycles. The Hall–Kier alpha value is -3.93. The fraction of sp³-hybridized carbons (Fsp3) is 0.467. The number of nitrogens with one attached hydrogen (secondary N) is 2. The smallest absolute Gasteiger partial charge is 0.409 e. The molecule has 2 aromatic carbocycles. The Morgan fingerprint density at radius 2 is 1.69 bits per heavy atom. The van der Waals surface area contributed by atoms with Gasteiger partial charge in [-0.3, -0.25) is 14.5 Å². The summed E-state index contributed by atoms with van der Waals surface area (Å²) in [6, 6.07) is 12.1.